The minimum atomic E-state index is -0.518. The van der Waals surface area contributed by atoms with Crippen LogP contribution in [-0.2, 0) is 11.3 Å². The van der Waals surface area contributed by atoms with E-state index in [1.807, 2.05) is 7.05 Å². The van der Waals surface area contributed by atoms with Crippen LogP contribution in [0.2, 0.25) is 0 Å². The Kier molecular flexibility index (Phi) is 5.65. The number of anilines is 1. The van der Waals surface area contributed by atoms with Gasteiger partial charge < -0.3 is 16.0 Å². The molecule has 1 unspecified atom stereocenters. The predicted molar refractivity (Wildman–Crippen MR) is 90.0 cm³/mol. The van der Waals surface area contributed by atoms with Crippen LogP contribution in [0.15, 0.2) is 48.5 Å². The number of carbonyl (C=O) groups excluding carboxylic acids is 2. The van der Waals surface area contributed by atoms with Crippen LogP contribution in [0.5, 0.6) is 0 Å². The van der Waals surface area contributed by atoms with Crippen molar-refractivity contribution < 1.29 is 18.9 Å². The molecule has 4 N–H and O–H groups in total. The third-order valence-electron chi connectivity index (χ3n) is 4.00. The Labute approximate surface area is 140 Å². The third kappa shape index (κ3) is 4.39. The lowest BCUT2D eigenvalue weighted by Crippen LogP contribution is -3.12. The molecular formula is C18H21FN3O2+. The van der Waals surface area contributed by atoms with Crippen molar-refractivity contribution in [3.8, 4) is 0 Å². The van der Waals surface area contributed by atoms with E-state index in [0.29, 0.717) is 23.4 Å². The molecule has 2 amide bonds. The monoisotopic (exact) mass is 330 g/mol. The van der Waals surface area contributed by atoms with Crippen molar-refractivity contribution in [2.75, 3.05) is 12.4 Å². The smallest absolute Gasteiger partial charge is 0.282 e. The van der Waals surface area contributed by atoms with E-state index in [1.165, 1.54) is 6.07 Å². The zero-order valence-corrected chi connectivity index (χ0v) is 13.7. The van der Waals surface area contributed by atoms with Gasteiger partial charge in [0.25, 0.3) is 5.91 Å². The van der Waals surface area contributed by atoms with Gasteiger partial charge in [-0.05, 0) is 37.3 Å². The Bertz CT molecular complexity index is 731. The maximum absolute atomic E-state index is 13.7. The number of nitrogens with two attached hydrogens (primary N) is 1. The number of rotatable bonds is 6. The highest BCUT2D eigenvalue weighted by molar-refractivity contribution is 5.95. The van der Waals surface area contributed by atoms with E-state index in [0.717, 1.165) is 4.90 Å². The summed E-state index contributed by atoms with van der Waals surface area (Å²) in [6.45, 7) is 2.19. The first kappa shape index (κ1) is 17.6. The van der Waals surface area contributed by atoms with Crippen LogP contribution in [0.4, 0.5) is 10.1 Å². The van der Waals surface area contributed by atoms with Gasteiger partial charge in [0.2, 0.25) is 5.91 Å². The van der Waals surface area contributed by atoms with Crippen molar-refractivity contribution in [3.63, 3.8) is 0 Å². The molecule has 2 rings (SSSR count). The largest absolute Gasteiger partial charge is 0.366 e. The predicted octanol–water partition coefficient (Wildman–Crippen LogP) is 0.967. The molecule has 2 atom stereocenters. The van der Waals surface area contributed by atoms with E-state index >= 15 is 0 Å². The van der Waals surface area contributed by atoms with Crippen molar-refractivity contribution in [1.29, 1.82) is 0 Å². The minimum Gasteiger partial charge on any atom is -0.366 e. The van der Waals surface area contributed by atoms with E-state index in [9.17, 15) is 14.0 Å². The van der Waals surface area contributed by atoms with Crippen LogP contribution in [-0.4, -0.2) is 24.9 Å². The van der Waals surface area contributed by atoms with E-state index in [1.54, 1.807) is 49.4 Å². The summed E-state index contributed by atoms with van der Waals surface area (Å²) in [6, 6.07) is 12.5. The summed E-state index contributed by atoms with van der Waals surface area (Å²) >= 11 is 0. The van der Waals surface area contributed by atoms with Gasteiger partial charge in [-0.25, -0.2) is 4.39 Å². The van der Waals surface area contributed by atoms with Crippen molar-refractivity contribution in [3.05, 3.63) is 65.5 Å². The van der Waals surface area contributed by atoms with Gasteiger partial charge in [0, 0.05) is 16.8 Å². The van der Waals surface area contributed by atoms with Crippen molar-refractivity contribution in [2.24, 2.45) is 5.73 Å². The van der Waals surface area contributed by atoms with Crippen molar-refractivity contribution >= 4 is 17.5 Å². The number of likely N-dealkylation sites (N-methyl/N-ethyl adjacent to an activating group) is 1. The highest BCUT2D eigenvalue weighted by Crippen LogP contribution is 2.09. The normalized spacial score (nSPS) is 13.1. The molecule has 0 aliphatic rings. The molecule has 0 heterocycles. The number of halogens is 1. The average molecular weight is 330 g/mol. The first-order valence-corrected chi connectivity index (χ1v) is 7.65. The fourth-order valence-electron chi connectivity index (χ4n) is 2.29. The van der Waals surface area contributed by atoms with Crippen LogP contribution < -0.4 is 16.0 Å². The number of hydrogen-bond acceptors (Lipinski definition) is 2. The fraction of sp³-hybridized carbons (Fsp3) is 0.222. The van der Waals surface area contributed by atoms with Crippen molar-refractivity contribution in [1.82, 2.24) is 0 Å². The Balaban J connectivity index is 1.98. The Hall–Kier alpha value is -2.73. The van der Waals surface area contributed by atoms with Gasteiger partial charge >= 0.3 is 0 Å². The number of carbonyl (C=O) groups is 2. The highest BCUT2D eigenvalue weighted by Gasteiger charge is 2.23. The van der Waals surface area contributed by atoms with Gasteiger partial charge in [0.15, 0.2) is 6.04 Å². The van der Waals surface area contributed by atoms with E-state index < -0.39 is 5.91 Å². The number of benzene rings is 2. The first-order chi connectivity index (χ1) is 11.4. The molecule has 0 saturated heterocycles. The third-order valence-corrected chi connectivity index (χ3v) is 4.00. The molecule has 0 saturated carbocycles. The average Bonchev–Trinajstić information content (AvgIpc) is 2.56. The van der Waals surface area contributed by atoms with Crippen LogP contribution in [0, 0.1) is 5.82 Å². The van der Waals surface area contributed by atoms with Crippen molar-refractivity contribution in [2.45, 2.75) is 19.5 Å². The van der Waals surface area contributed by atoms with E-state index in [-0.39, 0.29) is 17.8 Å². The molecule has 0 aliphatic carbocycles. The molecule has 0 fully saturated rings. The standard InChI is InChI=1S/C18H20FN3O2/c1-12(22(2)11-14-5-3-4-6-16(14)19)18(24)21-15-9-7-13(8-10-15)17(20)23/h3-10,12H,11H2,1-2H3,(H2,20,23)(H,21,24)/p+1/t12-/m0/s1. The molecule has 0 bridgehead atoms. The molecule has 2 aromatic carbocycles. The molecule has 126 valence electrons. The quantitative estimate of drug-likeness (QED) is 0.738. The zero-order valence-electron chi connectivity index (χ0n) is 13.7. The summed E-state index contributed by atoms with van der Waals surface area (Å²) < 4.78 is 13.7. The van der Waals surface area contributed by atoms with Crippen LogP contribution in [0.3, 0.4) is 0 Å². The molecule has 0 aliphatic heterocycles. The number of primary amides is 1. The molecule has 5 nitrogen and oxygen atoms in total. The Morgan fingerprint density at radius 1 is 1.17 bits per heavy atom. The number of nitrogens with one attached hydrogen (secondary N) is 2. The number of quaternary nitrogens is 1. The Morgan fingerprint density at radius 2 is 1.79 bits per heavy atom. The van der Waals surface area contributed by atoms with Gasteiger partial charge in [-0.2, -0.15) is 0 Å². The molecule has 0 aromatic heterocycles. The Morgan fingerprint density at radius 3 is 2.38 bits per heavy atom. The van der Waals surface area contributed by atoms with Gasteiger partial charge in [-0.15, -0.1) is 0 Å². The molecule has 0 spiro atoms. The lowest BCUT2D eigenvalue weighted by Gasteiger charge is -2.21. The lowest BCUT2D eigenvalue weighted by molar-refractivity contribution is -0.908. The first-order valence-electron chi connectivity index (χ1n) is 7.65. The second kappa shape index (κ2) is 7.70. The van der Waals surface area contributed by atoms with E-state index in [4.69, 9.17) is 5.73 Å². The van der Waals surface area contributed by atoms with Gasteiger partial charge in [-0.3, -0.25) is 9.59 Å². The minimum absolute atomic E-state index is 0.185. The van der Waals surface area contributed by atoms with Gasteiger partial charge in [0.05, 0.1) is 7.05 Å². The number of hydrogen-bond donors (Lipinski definition) is 3. The summed E-state index contributed by atoms with van der Waals surface area (Å²) in [7, 11) is 1.84. The number of amides is 2. The van der Waals surface area contributed by atoms with Gasteiger partial charge in [0.1, 0.15) is 12.4 Å². The molecule has 2 aromatic rings. The van der Waals surface area contributed by atoms with Gasteiger partial charge in [-0.1, -0.05) is 18.2 Å². The summed E-state index contributed by atoms with van der Waals surface area (Å²) in [5, 5.41) is 2.78. The van der Waals surface area contributed by atoms with Crippen LogP contribution in [0.25, 0.3) is 0 Å². The summed E-state index contributed by atoms with van der Waals surface area (Å²) in [6.07, 6.45) is 0. The SMILES string of the molecule is C[C@@H](C(=O)Nc1ccc(C(N)=O)cc1)[NH+](C)Cc1ccccc1F. The van der Waals surface area contributed by atoms with Crippen LogP contribution >= 0.6 is 0 Å². The maximum atomic E-state index is 13.7. The maximum Gasteiger partial charge on any atom is 0.282 e. The summed E-state index contributed by atoms with van der Waals surface area (Å²) in [5.41, 5.74) is 6.71. The zero-order chi connectivity index (χ0) is 17.7. The molecular weight excluding hydrogens is 309 g/mol. The fourth-order valence-corrected chi connectivity index (χ4v) is 2.29. The molecule has 0 radical (unpaired) electrons. The van der Waals surface area contributed by atoms with E-state index in [2.05, 4.69) is 5.32 Å². The second-order valence-electron chi connectivity index (χ2n) is 5.77. The summed E-state index contributed by atoms with van der Waals surface area (Å²) in [4.78, 5) is 24.2. The van der Waals surface area contributed by atoms with Crippen LogP contribution in [0.1, 0.15) is 22.8 Å². The second-order valence-corrected chi connectivity index (χ2v) is 5.77. The lowest BCUT2D eigenvalue weighted by atomic mass is 10.1. The molecule has 6 heteroatoms. The molecule has 24 heavy (non-hydrogen) atoms. The highest BCUT2D eigenvalue weighted by atomic mass is 19.1. The topological polar surface area (TPSA) is 76.6 Å². The summed E-state index contributed by atoms with van der Waals surface area (Å²) in [5.74, 6) is -0.975.